The summed E-state index contributed by atoms with van der Waals surface area (Å²) < 4.78 is 1.66. The third-order valence-electron chi connectivity index (χ3n) is 5.45. The number of carbonyl (C=O) groups excluding carboxylic acids is 1. The van der Waals surface area contributed by atoms with Gasteiger partial charge in [0.05, 0.1) is 5.69 Å². The molecule has 7 heteroatoms. The van der Waals surface area contributed by atoms with Gasteiger partial charge in [0.1, 0.15) is 5.82 Å². The monoisotopic (exact) mass is 423 g/mol. The lowest BCUT2D eigenvalue weighted by Crippen LogP contribution is -2.44. The van der Waals surface area contributed by atoms with Crippen molar-refractivity contribution < 1.29 is 4.79 Å². The van der Waals surface area contributed by atoms with Gasteiger partial charge >= 0.3 is 0 Å². The van der Waals surface area contributed by atoms with E-state index in [2.05, 4.69) is 51.5 Å². The highest BCUT2D eigenvalue weighted by atomic mass is 35.5. The van der Waals surface area contributed by atoms with E-state index >= 15 is 0 Å². The molecule has 0 saturated carbocycles. The molecule has 0 atom stereocenters. The summed E-state index contributed by atoms with van der Waals surface area (Å²) in [5, 5.41) is 8.15. The van der Waals surface area contributed by atoms with Gasteiger partial charge in [-0.25, -0.2) is 9.67 Å². The predicted octanol–water partition coefficient (Wildman–Crippen LogP) is 3.93. The largest absolute Gasteiger partial charge is 0.346 e. The van der Waals surface area contributed by atoms with Crippen LogP contribution in [0.5, 0.6) is 0 Å². The highest BCUT2D eigenvalue weighted by Gasteiger charge is 2.23. The second-order valence-corrected chi connectivity index (χ2v) is 8.32. The molecule has 1 amide bonds. The lowest BCUT2D eigenvalue weighted by molar-refractivity contribution is 0.0898. The average Bonchev–Trinajstić information content (AvgIpc) is 3.12. The molecular formula is C23H26ClN5O. The number of halogens is 1. The Morgan fingerprint density at radius 2 is 1.87 bits per heavy atom. The lowest BCUT2D eigenvalue weighted by Gasteiger charge is -2.32. The third kappa shape index (κ3) is 4.89. The van der Waals surface area contributed by atoms with Crippen molar-refractivity contribution in [3.05, 3.63) is 76.3 Å². The Morgan fingerprint density at radius 3 is 2.57 bits per heavy atom. The molecule has 0 unspecified atom stereocenters. The Morgan fingerprint density at radius 1 is 1.13 bits per heavy atom. The number of aromatic nitrogens is 3. The van der Waals surface area contributed by atoms with E-state index in [9.17, 15) is 4.79 Å². The van der Waals surface area contributed by atoms with Crippen molar-refractivity contribution in [1.29, 1.82) is 0 Å². The molecule has 1 aromatic heterocycles. The highest BCUT2D eigenvalue weighted by Crippen LogP contribution is 2.16. The van der Waals surface area contributed by atoms with Crippen LogP contribution in [0.1, 0.15) is 40.4 Å². The maximum absolute atomic E-state index is 12.7. The molecule has 1 aliphatic rings. The van der Waals surface area contributed by atoms with E-state index in [-0.39, 0.29) is 17.8 Å². The number of nitrogens with one attached hydrogen (secondary N) is 1. The van der Waals surface area contributed by atoms with Gasteiger partial charge in [0.25, 0.3) is 5.91 Å². The van der Waals surface area contributed by atoms with Crippen LogP contribution in [0.3, 0.4) is 0 Å². The number of rotatable bonds is 5. The van der Waals surface area contributed by atoms with Gasteiger partial charge in [-0.05, 0) is 56.5 Å². The molecule has 2 heterocycles. The molecule has 0 spiro atoms. The Hall–Kier alpha value is -2.70. The first-order chi connectivity index (χ1) is 14.5. The fourth-order valence-corrected chi connectivity index (χ4v) is 3.99. The van der Waals surface area contributed by atoms with E-state index in [4.69, 9.17) is 11.6 Å². The maximum Gasteiger partial charge on any atom is 0.291 e. The molecule has 1 N–H and O–H groups in total. The van der Waals surface area contributed by atoms with Crippen LogP contribution in [-0.2, 0) is 6.54 Å². The molecule has 6 nitrogen and oxygen atoms in total. The van der Waals surface area contributed by atoms with Gasteiger partial charge in [0, 0.05) is 30.7 Å². The first kappa shape index (κ1) is 20.6. The number of benzene rings is 2. The van der Waals surface area contributed by atoms with Crippen molar-refractivity contribution in [3.63, 3.8) is 0 Å². The van der Waals surface area contributed by atoms with E-state index in [1.165, 1.54) is 11.1 Å². The molecule has 1 saturated heterocycles. The summed E-state index contributed by atoms with van der Waals surface area (Å²) in [7, 11) is 0. The van der Waals surface area contributed by atoms with Crippen LogP contribution in [0.2, 0.25) is 5.02 Å². The standard InChI is InChI=1S/C23H26ClN5O/c1-16-4-3-5-18(14-16)15-28-12-10-20(11-13-28)26-23(30)22-25-17(2)29(27-22)21-8-6-19(24)7-9-21/h3-9,14,20H,10-13,15H2,1-2H3,(H,26,30). The Balaban J connectivity index is 1.33. The van der Waals surface area contributed by atoms with E-state index < -0.39 is 0 Å². The second kappa shape index (κ2) is 8.98. The van der Waals surface area contributed by atoms with Crippen molar-refractivity contribution in [1.82, 2.24) is 25.0 Å². The molecule has 0 bridgehead atoms. The summed E-state index contributed by atoms with van der Waals surface area (Å²) >= 11 is 5.95. The number of hydrogen-bond donors (Lipinski definition) is 1. The van der Waals surface area contributed by atoms with Gasteiger partial charge in [0.2, 0.25) is 5.82 Å². The maximum atomic E-state index is 12.7. The number of hydrogen-bond acceptors (Lipinski definition) is 4. The minimum Gasteiger partial charge on any atom is -0.346 e. The highest BCUT2D eigenvalue weighted by molar-refractivity contribution is 6.30. The summed E-state index contributed by atoms with van der Waals surface area (Å²) in [5.74, 6) is 0.642. The normalized spacial score (nSPS) is 15.3. The number of piperidine rings is 1. The predicted molar refractivity (Wildman–Crippen MR) is 118 cm³/mol. The summed E-state index contributed by atoms with van der Waals surface area (Å²) in [6, 6.07) is 16.1. The molecule has 3 aromatic rings. The smallest absolute Gasteiger partial charge is 0.291 e. The van der Waals surface area contributed by atoms with Gasteiger partial charge in [-0.2, -0.15) is 0 Å². The fraction of sp³-hybridized carbons (Fsp3) is 0.348. The van der Waals surface area contributed by atoms with Crippen molar-refractivity contribution in [2.75, 3.05) is 13.1 Å². The SMILES string of the molecule is Cc1cccc(CN2CCC(NC(=O)c3nc(C)n(-c4ccc(Cl)cc4)n3)CC2)c1. The molecule has 156 valence electrons. The molecule has 1 aliphatic heterocycles. The molecule has 0 aliphatic carbocycles. The number of likely N-dealkylation sites (tertiary alicyclic amines) is 1. The average molecular weight is 424 g/mol. The van der Waals surface area contributed by atoms with Gasteiger partial charge in [-0.1, -0.05) is 41.4 Å². The van der Waals surface area contributed by atoms with Crippen LogP contribution in [0.15, 0.2) is 48.5 Å². The lowest BCUT2D eigenvalue weighted by atomic mass is 10.0. The van der Waals surface area contributed by atoms with Crippen LogP contribution in [-0.4, -0.2) is 44.7 Å². The van der Waals surface area contributed by atoms with E-state index in [1.54, 1.807) is 16.8 Å². The second-order valence-electron chi connectivity index (χ2n) is 7.88. The van der Waals surface area contributed by atoms with Crippen LogP contribution in [0, 0.1) is 13.8 Å². The van der Waals surface area contributed by atoms with Crippen molar-refractivity contribution in [2.45, 2.75) is 39.3 Å². The molecule has 1 fully saturated rings. The van der Waals surface area contributed by atoms with Gasteiger partial charge in [0.15, 0.2) is 0 Å². The Kier molecular flexibility index (Phi) is 6.16. The zero-order chi connectivity index (χ0) is 21.1. The van der Waals surface area contributed by atoms with E-state index in [0.29, 0.717) is 10.8 Å². The van der Waals surface area contributed by atoms with Gasteiger partial charge in [-0.3, -0.25) is 9.69 Å². The fourth-order valence-electron chi connectivity index (χ4n) is 3.87. The summed E-state index contributed by atoms with van der Waals surface area (Å²) in [6.45, 7) is 6.83. The summed E-state index contributed by atoms with van der Waals surface area (Å²) in [5.41, 5.74) is 3.45. The zero-order valence-electron chi connectivity index (χ0n) is 17.3. The number of nitrogens with zero attached hydrogens (tertiary/aromatic N) is 4. The Bertz CT molecular complexity index is 1020. The molecule has 4 rings (SSSR count). The number of carbonyl (C=O) groups is 1. The minimum atomic E-state index is -0.219. The van der Waals surface area contributed by atoms with Crippen LogP contribution < -0.4 is 5.32 Å². The van der Waals surface area contributed by atoms with E-state index in [0.717, 1.165) is 38.2 Å². The van der Waals surface area contributed by atoms with Crippen LogP contribution >= 0.6 is 11.6 Å². The third-order valence-corrected chi connectivity index (χ3v) is 5.71. The quantitative estimate of drug-likeness (QED) is 0.675. The van der Waals surface area contributed by atoms with Crippen molar-refractivity contribution in [3.8, 4) is 5.69 Å². The molecule has 2 aromatic carbocycles. The van der Waals surface area contributed by atoms with Crippen LogP contribution in [0.25, 0.3) is 5.69 Å². The number of aryl methyl sites for hydroxylation is 2. The first-order valence-electron chi connectivity index (χ1n) is 10.3. The molecule has 30 heavy (non-hydrogen) atoms. The summed E-state index contributed by atoms with van der Waals surface area (Å²) in [6.07, 6.45) is 1.85. The minimum absolute atomic E-state index is 0.147. The van der Waals surface area contributed by atoms with Crippen molar-refractivity contribution in [2.24, 2.45) is 0 Å². The van der Waals surface area contributed by atoms with Gasteiger partial charge < -0.3 is 5.32 Å². The molecular weight excluding hydrogens is 398 g/mol. The summed E-state index contributed by atoms with van der Waals surface area (Å²) in [4.78, 5) is 19.5. The van der Waals surface area contributed by atoms with Crippen LogP contribution in [0.4, 0.5) is 0 Å². The topological polar surface area (TPSA) is 63.1 Å². The zero-order valence-corrected chi connectivity index (χ0v) is 18.1. The van der Waals surface area contributed by atoms with Crippen molar-refractivity contribution >= 4 is 17.5 Å². The van der Waals surface area contributed by atoms with E-state index in [1.807, 2.05) is 19.1 Å². The van der Waals surface area contributed by atoms with Gasteiger partial charge in [-0.15, -0.1) is 5.10 Å². The Labute approximate surface area is 181 Å². The first-order valence-corrected chi connectivity index (χ1v) is 10.6. The number of amides is 1. The molecule has 0 radical (unpaired) electrons.